The molecule has 1 aliphatic rings. The molecular weight excluding hydrogens is 279 g/mol. The fourth-order valence-corrected chi connectivity index (χ4v) is 2.73. The van der Waals surface area contributed by atoms with Gasteiger partial charge in [0.05, 0.1) is 16.6 Å². The summed E-state index contributed by atoms with van der Waals surface area (Å²) in [5, 5.41) is 22.7. The van der Waals surface area contributed by atoms with E-state index >= 15 is 0 Å². The summed E-state index contributed by atoms with van der Waals surface area (Å²) in [5.41, 5.74) is -0.954. The van der Waals surface area contributed by atoms with Gasteiger partial charge in [0.1, 0.15) is 11.5 Å². The molecule has 0 radical (unpaired) electrons. The van der Waals surface area contributed by atoms with Crippen molar-refractivity contribution in [1.29, 1.82) is 0 Å². The van der Waals surface area contributed by atoms with Gasteiger partial charge in [0, 0.05) is 6.54 Å². The third kappa shape index (κ3) is 3.68. The quantitative estimate of drug-likeness (QED) is 0.619. The highest BCUT2D eigenvalue weighted by Crippen LogP contribution is 2.30. The van der Waals surface area contributed by atoms with E-state index in [1.54, 1.807) is 0 Å². The summed E-state index contributed by atoms with van der Waals surface area (Å²) in [6, 6.07) is 1.64. The summed E-state index contributed by atoms with van der Waals surface area (Å²) < 4.78 is 13.5. The second-order valence-electron chi connectivity index (χ2n) is 5.28. The lowest BCUT2D eigenvalue weighted by atomic mass is 10.0. The van der Waals surface area contributed by atoms with Crippen molar-refractivity contribution >= 4 is 17.3 Å². The van der Waals surface area contributed by atoms with Crippen molar-refractivity contribution < 1.29 is 19.2 Å². The summed E-state index contributed by atoms with van der Waals surface area (Å²) in [5.74, 6) is -1.94. The molecule has 0 bridgehead atoms. The predicted molar refractivity (Wildman–Crippen MR) is 75.1 cm³/mol. The van der Waals surface area contributed by atoms with Crippen LogP contribution in [0.4, 0.5) is 15.8 Å². The predicted octanol–water partition coefficient (Wildman–Crippen LogP) is 3.42. The molecule has 0 aliphatic heterocycles. The number of aromatic carboxylic acids is 1. The van der Waals surface area contributed by atoms with Crippen molar-refractivity contribution in [2.45, 2.75) is 32.1 Å². The van der Waals surface area contributed by atoms with Crippen molar-refractivity contribution in [1.82, 2.24) is 0 Å². The Morgan fingerprint density at radius 3 is 2.67 bits per heavy atom. The topological polar surface area (TPSA) is 92.5 Å². The van der Waals surface area contributed by atoms with Crippen molar-refractivity contribution in [3.05, 3.63) is 33.6 Å². The Kier molecular flexibility index (Phi) is 4.72. The molecule has 2 rings (SSSR count). The van der Waals surface area contributed by atoms with E-state index in [9.17, 15) is 19.3 Å². The largest absolute Gasteiger partial charge is 0.478 e. The molecule has 21 heavy (non-hydrogen) atoms. The van der Waals surface area contributed by atoms with Gasteiger partial charge in [-0.05, 0) is 18.4 Å². The number of benzene rings is 1. The number of halogens is 1. The first-order chi connectivity index (χ1) is 9.99. The third-order valence-corrected chi connectivity index (χ3v) is 3.86. The molecule has 0 atom stereocenters. The van der Waals surface area contributed by atoms with Crippen LogP contribution < -0.4 is 5.32 Å². The molecule has 1 aliphatic carbocycles. The van der Waals surface area contributed by atoms with Crippen LogP contribution in [0.15, 0.2) is 12.1 Å². The van der Waals surface area contributed by atoms with Crippen LogP contribution in [0.3, 0.4) is 0 Å². The van der Waals surface area contributed by atoms with Crippen molar-refractivity contribution in [3.63, 3.8) is 0 Å². The van der Waals surface area contributed by atoms with Crippen molar-refractivity contribution in [2.75, 3.05) is 11.9 Å². The van der Waals surface area contributed by atoms with Gasteiger partial charge in [0.2, 0.25) is 0 Å². The minimum Gasteiger partial charge on any atom is -0.478 e. The smallest absolute Gasteiger partial charge is 0.338 e. The van der Waals surface area contributed by atoms with Gasteiger partial charge in [-0.3, -0.25) is 10.1 Å². The average molecular weight is 296 g/mol. The SMILES string of the molecule is O=C(O)c1cc(NCCC2CCCC2)c([N+](=O)[O-])cc1F. The lowest BCUT2D eigenvalue weighted by Crippen LogP contribution is -2.10. The standard InChI is InChI=1S/C14H17FN2O4/c15-11-8-13(17(20)21)12(7-10(11)14(18)19)16-6-5-9-3-1-2-4-9/h7-9,16H,1-6H2,(H,18,19). The zero-order valence-corrected chi connectivity index (χ0v) is 11.5. The maximum Gasteiger partial charge on any atom is 0.338 e. The number of hydrogen-bond donors (Lipinski definition) is 2. The Hall–Kier alpha value is -2.18. The molecule has 0 spiro atoms. The maximum absolute atomic E-state index is 13.5. The van der Waals surface area contributed by atoms with Gasteiger partial charge in [0.25, 0.3) is 5.69 Å². The van der Waals surface area contributed by atoms with Crippen LogP contribution in [0.1, 0.15) is 42.5 Å². The molecule has 0 aromatic heterocycles. The Labute approximate surface area is 121 Å². The minimum absolute atomic E-state index is 0.0526. The number of nitro groups is 1. The highest BCUT2D eigenvalue weighted by Gasteiger charge is 2.22. The van der Waals surface area contributed by atoms with Crippen molar-refractivity contribution in [3.8, 4) is 0 Å². The summed E-state index contributed by atoms with van der Waals surface area (Å²) >= 11 is 0. The zero-order valence-electron chi connectivity index (χ0n) is 11.5. The average Bonchev–Trinajstić information content (AvgIpc) is 2.92. The molecular formula is C14H17FN2O4. The number of anilines is 1. The molecule has 1 aromatic carbocycles. The van der Waals surface area contributed by atoms with Crippen LogP contribution in [0.2, 0.25) is 0 Å². The summed E-state index contributed by atoms with van der Waals surface area (Å²) in [7, 11) is 0. The Bertz CT molecular complexity index is 556. The number of nitrogens with one attached hydrogen (secondary N) is 1. The van der Waals surface area contributed by atoms with Crippen molar-refractivity contribution in [2.24, 2.45) is 5.92 Å². The molecule has 1 aromatic rings. The van der Waals surface area contributed by atoms with E-state index < -0.39 is 28.0 Å². The first-order valence-electron chi connectivity index (χ1n) is 6.94. The molecule has 0 amide bonds. The number of nitro benzene ring substituents is 1. The number of carboxylic acid groups (broad SMARTS) is 1. The first kappa shape index (κ1) is 15.2. The first-order valence-corrected chi connectivity index (χ1v) is 6.94. The molecule has 0 heterocycles. The Balaban J connectivity index is 2.13. The maximum atomic E-state index is 13.5. The van der Waals surface area contributed by atoms with Gasteiger partial charge in [0.15, 0.2) is 0 Å². The normalized spacial score (nSPS) is 15.1. The van der Waals surface area contributed by atoms with Crippen LogP contribution in [0.25, 0.3) is 0 Å². The molecule has 6 nitrogen and oxygen atoms in total. The molecule has 2 N–H and O–H groups in total. The van der Waals surface area contributed by atoms with E-state index in [4.69, 9.17) is 5.11 Å². The molecule has 114 valence electrons. The van der Waals surface area contributed by atoms with E-state index in [0.717, 1.165) is 25.3 Å². The van der Waals surface area contributed by atoms with Crippen LogP contribution in [0.5, 0.6) is 0 Å². The van der Waals surface area contributed by atoms with E-state index in [1.165, 1.54) is 12.8 Å². The highest BCUT2D eigenvalue weighted by molar-refractivity contribution is 5.90. The van der Waals surface area contributed by atoms with Crippen LogP contribution in [-0.2, 0) is 0 Å². The molecule has 7 heteroatoms. The summed E-state index contributed by atoms with van der Waals surface area (Å²) in [4.78, 5) is 21.1. The van der Waals surface area contributed by atoms with Gasteiger partial charge < -0.3 is 10.4 Å². The fraction of sp³-hybridized carbons (Fsp3) is 0.500. The molecule has 1 fully saturated rings. The lowest BCUT2D eigenvalue weighted by Gasteiger charge is -2.11. The van der Waals surface area contributed by atoms with Gasteiger partial charge in [-0.2, -0.15) is 0 Å². The molecule has 0 saturated heterocycles. The van der Waals surface area contributed by atoms with Crippen LogP contribution in [0, 0.1) is 21.8 Å². The van der Waals surface area contributed by atoms with E-state index in [1.807, 2.05) is 0 Å². The zero-order chi connectivity index (χ0) is 15.4. The minimum atomic E-state index is -1.44. The van der Waals surface area contributed by atoms with Gasteiger partial charge in [-0.25, -0.2) is 9.18 Å². The number of hydrogen-bond acceptors (Lipinski definition) is 4. The van der Waals surface area contributed by atoms with E-state index in [0.29, 0.717) is 18.5 Å². The second kappa shape index (κ2) is 6.51. The number of carbonyl (C=O) groups is 1. The Morgan fingerprint density at radius 1 is 1.43 bits per heavy atom. The summed E-state index contributed by atoms with van der Waals surface area (Å²) in [6.07, 6.45) is 5.62. The molecule has 0 unspecified atom stereocenters. The molecule has 1 saturated carbocycles. The van der Waals surface area contributed by atoms with E-state index in [-0.39, 0.29) is 5.69 Å². The fourth-order valence-electron chi connectivity index (χ4n) is 2.73. The number of carboxylic acids is 1. The van der Waals surface area contributed by atoms with E-state index in [2.05, 4.69) is 5.32 Å². The van der Waals surface area contributed by atoms with Gasteiger partial charge in [-0.15, -0.1) is 0 Å². The third-order valence-electron chi connectivity index (χ3n) is 3.86. The lowest BCUT2D eigenvalue weighted by molar-refractivity contribution is -0.384. The Morgan fingerprint density at radius 2 is 2.10 bits per heavy atom. The highest BCUT2D eigenvalue weighted by atomic mass is 19.1. The second-order valence-corrected chi connectivity index (χ2v) is 5.28. The number of nitrogens with zero attached hydrogens (tertiary/aromatic N) is 1. The van der Waals surface area contributed by atoms with Crippen LogP contribution in [-0.4, -0.2) is 22.5 Å². The van der Waals surface area contributed by atoms with Crippen LogP contribution >= 0.6 is 0 Å². The summed E-state index contributed by atoms with van der Waals surface area (Å²) in [6.45, 7) is 0.510. The van der Waals surface area contributed by atoms with Gasteiger partial charge in [-0.1, -0.05) is 25.7 Å². The van der Waals surface area contributed by atoms with Gasteiger partial charge >= 0.3 is 5.97 Å². The monoisotopic (exact) mass is 296 g/mol. The number of rotatable bonds is 6.